The Hall–Kier alpha value is -1.56. The highest BCUT2D eigenvalue weighted by Gasteiger charge is 2.56. The Morgan fingerprint density at radius 1 is 1.21 bits per heavy atom. The van der Waals surface area contributed by atoms with E-state index < -0.39 is 29.5 Å². The molecule has 1 spiro atoms. The summed E-state index contributed by atoms with van der Waals surface area (Å²) in [6.07, 6.45) is -4.46. The Balaban J connectivity index is 1.85. The molecule has 1 amide bonds. The summed E-state index contributed by atoms with van der Waals surface area (Å²) in [4.78, 5) is 25.3. The molecule has 1 aliphatic heterocycles. The Bertz CT molecular complexity index is 694. The zero-order valence-electron chi connectivity index (χ0n) is 13.0. The molecule has 0 bridgehead atoms. The minimum Gasteiger partial charge on any atom is -0.343 e. The molecule has 1 N–H and O–H groups in total. The number of hydrogen-bond acceptors (Lipinski definition) is 2. The average molecular weight is 360 g/mol. The number of hydrogen-bond donors (Lipinski definition) is 1. The van der Waals surface area contributed by atoms with E-state index in [4.69, 9.17) is 11.6 Å². The van der Waals surface area contributed by atoms with Crippen LogP contribution in [-0.2, 0) is 9.59 Å². The normalized spacial score (nSPS) is 30.7. The first kappa shape index (κ1) is 17.3. The van der Waals surface area contributed by atoms with Gasteiger partial charge in [0.2, 0.25) is 5.91 Å². The second kappa shape index (κ2) is 5.76. The molecule has 2 aliphatic rings. The van der Waals surface area contributed by atoms with E-state index in [-0.39, 0.29) is 31.5 Å². The van der Waals surface area contributed by atoms with Gasteiger partial charge >= 0.3 is 6.18 Å². The molecule has 1 atom stereocenters. The Kier molecular flexibility index (Phi) is 4.14. The maximum atomic E-state index is 12.9. The second-order valence-electron chi connectivity index (χ2n) is 6.69. The maximum absolute atomic E-state index is 12.9. The van der Waals surface area contributed by atoms with Gasteiger partial charge in [0.1, 0.15) is 5.92 Å². The van der Waals surface area contributed by atoms with Gasteiger partial charge in [-0.2, -0.15) is 13.2 Å². The van der Waals surface area contributed by atoms with Gasteiger partial charge in [0.25, 0.3) is 0 Å². The van der Waals surface area contributed by atoms with Crippen LogP contribution in [0.5, 0.6) is 0 Å². The molecule has 0 radical (unpaired) electrons. The van der Waals surface area contributed by atoms with Crippen LogP contribution in [0.2, 0.25) is 5.02 Å². The third-order valence-corrected chi connectivity index (χ3v) is 5.44. The summed E-state index contributed by atoms with van der Waals surface area (Å²) >= 11 is 5.91. The second-order valence-corrected chi connectivity index (χ2v) is 7.12. The first-order chi connectivity index (χ1) is 11.1. The summed E-state index contributed by atoms with van der Waals surface area (Å²) in [5, 5.41) is 3.19. The number of alkyl halides is 3. The van der Waals surface area contributed by atoms with E-state index in [9.17, 15) is 22.8 Å². The molecule has 1 saturated heterocycles. The zero-order valence-corrected chi connectivity index (χ0v) is 13.8. The number of aryl methyl sites for hydroxylation is 1. The lowest BCUT2D eigenvalue weighted by Gasteiger charge is -2.36. The van der Waals surface area contributed by atoms with Crippen LogP contribution in [0, 0.1) is 12.8 Å². The molecule has 1 aromatic carbocycles. The van der Waals surface area contributed by atoms with Crippen molar-refractivity contribution < 1.29 is 22.8 Å². The number of carbonyl (C=O) groups excluding carboxylic acids is 2. The maximum Gasteiger partial charge on any atom is 0.391 e. The molecule has 1 unspecified atom stereocenters. The molecule has 3 nitrogen and oxygen atoms in total. The van der Waals surface area contributed by atoms with Crippen LogP contribution in [0.15, 0.2) is 18.2 Å². The van der Waals surface area contributed by atoms with Crippen LogP contribution in [-0.4, -0.2) is 23.4 Å². The number of ketones is 1. The van der Waals surface area contributed by atoms with Gasteiger partial charge in [-0.1, -0.05) is 17.7 Å². The lowest BCUT2D eigenvalue weighted by atomic mass is 9.73. The first-order valence-corrected chi connectivity index (χ1v) is 8.21. The molecule has 3 rings (SSSR count). The van der Waals surface area contributed by atoms with Crippen molar-refractivity contribution in [3.8, 4) is 0 Å². The van der Waals surface area contributed by atoms with Gasteiger partial charge in [-0.15, -0.1) is 0 Å². The lowest BCUT2D eigenvalue weighted by Crippen LogP contribution is -2.50. The number of carbonyl (C=O) groups is 2. The van der Waals surface area contributed by atoms with Crippen LogP contribution in [0.25, 0.3) is 0 Å². The Morgan fingerprint density at radius 3 is 2.38 bits per heavy atom. The van der Waals surface area contributed by atoms with Gasteiger partial charge in [0.15, 0.2) is 5.78 Å². The topological polar surface area (TPSA) is 46.2 Å². The van der Waals surface area contributed by atoms with Crippen LogP contribution in [0.3, 0.4) is 0 Å². The summed E-state index contributed by atoms with van der Waals surface area (Å²) in [6.45, 7) is 1.76. The molecule has 24 heavy (non-hydrogen) atoms. The van der Waals surface area contributed by atoms with E-state index in [1.54, 1.807) is 25.1 Å². The number of benzene rings is 1. The minimum absolute atomic E-state index is 0.0326. The summed E-state index contributed by atoms with van der Waals surface area (Å²) in [6, 6.07) is 4.92. The molecule has 1 heterocycles. The average Bonchev–Trinajstić information content (AvgIpc) is 2.70. The number of halogens is 4. The van der Waals surface area contributed by atoms with E-state index in [0.717, 1.165) is 5.56 Å². The molecule has 1 saturated carbocycles. The number of Topliss-reactive ketones (excluding diaryl/α,β-unsaturated/α-hetero) is 1. The Morgan fingerprint density at radius 2 is 1.83 bits per heavy atom. The predicted molar refractivity (Wildman–Crippen MR) is 82.8 cm³/mol. The highest BCUT2D eigenvalue weighted by molar-refractivity contribution is 6.30. The van der Waals surface area contributed by atoms with E-state index in [0.29, 0.717) is 10.6 Å². The van der Waals surface area contributed by atoms with Gasteiger partial charge in [-0.05, 0) is 55.9 Å². The van der Waals surface area contributed by atoms with E-state index in [1.165, 1.54) is 0 Å². The summed E-state index contributed by atoms with van der Waals surface area (Å²) in [7, 11) is 0. The molecular weight excluding hydrogens is 343 g/mol. The minimum atomic E-state index is -4.25. The monoisotopic (exact) mass is 359 g/mol. The quantitative estimate of drug-likeness (QED) is 0.772. The molecular formula is C17H17ClF3NO2. The lowest BCUT2D eigenvalue weighted by molar-refractivity contribution is -0.185. The van der Waals surface area contributed by atoms with Gasteiger partial charge < -0.3 is 5.32 Å². The summed E-state index contributed by atoms with van der Waals surface area (Å²) in [5.74, 6) is -3.12. The zero-order chi connectivity index (χ0) is 17.7. The fourth-order valence-corrected chi connectivity index (χ4v) is 4.05. The highest BCUT2D eigenvalue weighted by atomic mass is 35.5. The highest BCUT2D eigenvalue weighted by Crippen LogP contribution is 2.45. The summed E-state index contributed by atoms with van der Waals surface area (Å²) in [5.41, 5.74) is 0.129. The van der Waals surface area contributed by atoms with Gasteiger partial charge in [-0.3, -0.25) is 9.59 Å². The van der Waals surface area contributed by atoms with Crippen molar-refractivity contribution in [1.82, 2.24) is 5.32 Å². The van der Waals surface area contributed by atoms with Crippen molar-refractivity contribution in [2.45, 2.75) is 50.2 Å². The van der Waals surface area contributed by atoms with Gasteiger partial charge in [0.05, 0.1) is 11.5 Å². The fraction of sp³-hybridized carbons (Fsp3) is 0.529. The van der Waals surface area contributed by atoms with Crippen molar-refractivity contribution >= 4 is 23.3 Å². The van der Waals surface area contributed by atoms with E-state index >= 15 is 0 Å². The standard InChI is InChI=1S/C17H17ClF3NO2/c1-9-8-11(18)2-3-12(9)13-14(23)16(22-15(13)24)6-4-10(5-7-16)17(19,20)21/h2-3,8,10,13H,4-7H2,1H3,(H,22,24). The van der Waals surface area contributed by atoms with Crippen molar-refractivity contribution in [1.29, 1.82) is 0 Å². The van der Waals surface area contributed by atoms with Gasteiger partial charge in [0, 0.05) is 5.02 Å². The van der Waals surface area contributed by atoms with E-state index in [1.807, 2.05) is 0 Å². The largest absolute Gasteiger partial charge is 0.391 e. The smallest absolute Gasteiger partial charge is 0.343 e. The van der Waals surface area contributed by atoms with Crippen LogP contribution < -0.4 is 5.32 Å². The van der Waals surface area contributed by atoms with Crippen molar-refractivity contribution in [3.05, 3.63) is 34.3 Å². The third kappa shape index (κ3) is 2.81. The van der Waals surface area contributed by atoms with Crippen molar-refractivity contribution in [2.24, 2.45) is 5.92 Å². The first-order valence-electron chi connectivity index (χ1n) is 7.83. The van der Waals surface area contributed by atoms with Crippen LogP contribution >= 0.6 is 11.6 Å². The molecule has 7 heteroatoms. The number of nitrogens with one attached hydrogen (secondary N) is 1. The van der Waals surface area contributed by atoms with Crippen molar-refractivity contribution in [2.75, 3.05) is 0 Å². The van der Waals surface area contributed by atoms with Crippen LogP contribution in [0.4, 0.5) is 13.2 Å². The van der Waals surface area contributed by atoms with E-state index in [2.05, 4.69) is 5.32 Å². The Labute approximate surface area is 142 Å². The number of amides is 1. The number of rotatable bonds is 1. The molecule has 1 aliphatic carbocycles. The van der Waals surface area contributed by atoms with Gasteiger partial charge in [-0.25, -0.2) is 0 Å². The van der Waals surface area contributed by atoms with Crippen molar-refractivity contribution in [3.63, 3.8) is 0 Å². The molecule has 0 aromatic heterocycles. The summed E-state index contributed by atoms with van der Waals surface area (Å²) < 4.78 is 38.5. The molecule has 1 aromatic rings. The third-order valence-electron chi connectivity index (χ3n) is 5.20. The SMILES string of the molecule is Cc1cc(Cl)ccc1C1C(=O)NC2(CCC(C(F)(F)F)CC2)C1=O. The fourth-order valence-electron chi connectivity index (χ4n) is 3.82. The van der Waals surface area contributed by atoms with Crippen LogP contribution in [0.1, 0.15) is 42.7 Å². The molecule has 2 fully saturated rings. The predicted octanol–water partition coefficient (Wildman–Crippen LogP) is 3.92. The molecule has 130 valence electrons.